The zero-order valence-corrected chi connectivity index (χ0v) is 9.71. The van der Waals surface area contributed by atoms with Gasteiger partial charge in [0.2, 0.25) is 0 Å². The summed E-state index contributed by atoms with van der Waals surface area (Å²) in [6.07, 6.45) is 0. The van der Waals surface area contributed by atoms with E-state index in [0.717, 1.165) is 5.75 Å². The molecule has 3 heteroatoms. The topological polar surface area (TPSA) is 9.23 Å². The summed E-state index contributed by atoms with van der Waals surface area (Å²) in [4.78, 5) is 0. The monoisotopic (exact) mass is 226 g/mol. The Morgan fingerprint density at radius 2 is 2.21 bits per heavy atom. The highest BCUT2D eigenvalue weighted by Crippen LogP contribution is 2.36. The first-order chi connectivity index (χ1) is 6.77. The highest BCUT2D eigenvalue weighted by atomic mass is 35.5. The molecular formula is C11H11ClOS. The summed E-state index contributed by atoms with van der Waals surface area (Å²) < 4.78 is 6.57. The summed E-state index contributed by atoms with van der Waals surface area (Å²) in [5.41, 5.74) is 2.41. The van der Waals surface area contributed by atoms with E-state index in [9.17, 15) is 0 Å². The molecule has 0 aliphatic carbocycles. The van der Waals surface area contributed by atoms with Crippen LogP contribution in [0.3, 0.4) is 0 Å². The number of alkyl halides is 1. The summed E-state index contributed by atoms with van der Waals surface area (Å²) in [6.45, 7) is 2.09. The second kappa shape index (κ2) is 3.79. The number of methoxy groups -OCH3 is 1. The third-order valence-electron chi connectivity index (χ3n) is 2.44. The van der Waals surface area contributed by atoms with Gasteiger partial charge in [0.15, 0.2) is 0 Å². The molecule has 0 aliphatic rings. The number of benzene rings is 1. The molecule has 74 valence electrons. The van der Waals surface area contributed by atoms with Crippen molar-refractivity contribution in [2.45, 2.75) is 12.8 Å². The summed E-state index contributed by atoms with van der Waals surface area (Å²) in [6, 6.07) is 4.19. The lowest BCUT2D eigenvalue weighted by Crippen LogP contribution is -1.87. The van der Waals surface area contributed by atoms with Gasteiger partial charge in [-0.3, -0.25) is 0 Å². The standard InChI is InChI=1S/C11H11ClOS/c1-7-8(5-12)3-4-10-11(7)9(13-2)6-14-10/h3-4,6H,5H2,1-2H3. The molecule has 0 aliphatic heterocycles. The van der Waals surface area contributed by atoms with Crippen molar-refractivity contribution >= 4 is 33.0 Å². The van der Waals surface area contributed by atoms with Gasteiger partial charge in [-0.1, -0.05) is 6.07 Å². The third kappa shape index (κ3) is 1.39. The quantitative estimate of drug-likeness (QED) is 0.705. The Bertz CT molecular complexity index is 462. The minimum absolute atomic E-state index is 0.556. The van der Waals surface area contributed by atoms with Gasteiger partial charge < -0.3 is 4.74 Å². The second-order valence-corrected chi connectivity index (χ2v) is 4.34. The Kier molecular flexibility index (Phi) is 2.66. The van der Waals surface area contributed by atoms with Gasteiger partial charge >= 0.3 is 0 Å². The van der Waals surface area contributed by atoms with Crippen molar-refractivity contribution in [2.75, 3.05) is 7.11 Å². The molecule has 0 saturated heterocycles. The fourth-order valence-corrected chi connectivity index (χ4v) is 2.86. The average molecular weight is 227 g/mol. The molecular weight excluding hydrogens is 216 g/mol. The van der Waals surface area contributed by atoms with Gasteiger partial charge in [0.25, 0.3) is 0 Å². The van der Waals surface area contributed by atoms with Crippen molar-refractivity contribution in [3.8, 4) is 5.75 Å². The number of thiophene rings is 1. The van der Waals surface area contributed by atoms with Crippen LogP contribution >= 0.6 is 22.9 Å². The van der Waals surface area contributed by atoms with E-state index in [1.165, 1.54) is 21.2 Å². The molecule has 0 fully saturated rings. The van der Waals surface area contributed by atoms with Gasteiger partial charge in [-0.05, 0) is 24.1 Å². The smallest absolute Gasteiger partial charge is 0.137 e. The van der Waals surface area contributed by atoms with Gasteiger partial charge in [0, 0.05) is 21.3 Å². The van der Waals surface area contributed by atoms with Crippen LogP contribution in [0, 0.1) is 6.92 Å². The molecule has 14 heavy (non-hydrogen) atoms. The molecule has 0 spiro atoms. The average Bonchev–Trinajstić information content (AvgIpc) is 2.62. The molecule has 1 heterocycles. The molecule has 1 nitrogen and oxygen atoms in total. The third-order valence-corrected chi connectivity index (χ3v) is 3.66. The molecule has 1 aromatic heterocycles. The van der Waals surface area contributed by atoms with Crippen molar-refractivity contribution in [1.82, 2.24) is 0 Å². The minimum atomic E-state index is 0.556. The van der Waals surface area contributed by atoms with Crippen LogP contribution in [0.1, 0.15) is 11.1 Å². The van der Waals surface area contributed by atoms with Crippen LogP contribution < -0.4 is 4.74 Å². The second-order valence-electron chi connectivity index (χ2n) is 3.16. The van der Waals surface area contributed by atoms with E-state index in [1.54, 1.807) is 18.4 Å². The number of rotatable bonds is 2. The van der Waals surface area contributed by atoms with Crippen molar-refractivity contribution in [2.24, 2.45) is 0 Å². The SMILES string of the molecule is COc1csc2ccc(CCl)c(C)c12. The fraction of sp³-hybridized carbons (Fsp3) is 0.273. The van der Waals surface area contributed by atoms with Crippen molar-refractivity contribution in [1.29, 1.82) is 0 Å². The lowest BCUT2D eigenvalue weighted by molar-refractivity contribution is 0.421. The van der Waals surface area contributed by atoms with Crippen LogP contribution in [0.5, 0.6) is 5.75 Å². The fourth-order valence-electron chi connectivity index (χ4n) is 1.61. The van der Waals surface area contributed by atoms with Crippen molar-refractivity contribution in [3.63, 3.8) is 0 Å². The molecule has 0 radical (unpaired) electrons. The summed E-state index contributed by atoms with van der Waals surface area (Å²) in [5, 5.41) is 3.24. The van der Waals surface area contributed by atoms with Gasteiger partial charge in [0.1, 0.15) is 5.75 Å². The highest BCUT2D eigenvalue weighted by molar-refractivity contribution is 7.17. The van der Waals surface area contributed by atoms with Crippen molar-refractivity contribution in [3.05, 3.63) is 28.6 Å². The Labute approximate surface area is 92.3 Å². The zero-order valence-electron chi connectivity index (χ0n) is 8.13. The predicted octanol–water partition coefficient (Wildman–Crippen LogP) is 3.96. The Morgan fingerprint density at radius 3 is 2.86 bits per heavy atom. The van der Waals surface area contributed by atoms with E-state index < -0.39 is 0 Å². The number of hydrogen-bond acceptors (Lipinski definition) is 2. The van der Waals surface area contributed by atoms with Crippen LogP contribution in [0.15, 0.2) is 17.5 Å². The molecule has 0 atom stereocenters. The van der Waals surface area contributed by atoms with Crippen LogP contribution in [0.4, 0.5) is 0 Å². The van der Waals surface area contributed by atoms with E-state index in [2.05, 4.69) is 19.1 Å². The van der Waals surface area contributed by atoms with E-state index in [0.29, 0.717) is 5.88 Å². The van der Waals surface area contributed by atoms with Gasteiger partial charge in [0.05, 0.1) is 7.11 Å². The molecule has 1 aromatic carbocycles. The Hall–Kier alpha value is -0.730. The zero-order chi connectivity index (χ0) is 10.1. The summed E-state index contributed by atoms with van der Waals surface area (Å²) in [7, 11) is 1.70. The van der Waals surface area contributed by atoms with Gasteiger partial charge in [-0.25, -0.2) is 0 Å². The van der Waals surface area contributed by atoms with Gasteiger partial charge in [-0.15, -0.1) is 22.9 Å². The maximum atomic E-state index is 5.86. The van der Waals surface area contributed by atoms with E-state index in [-0.39, 0.29) is 0 Å². The Morgan fingerprint density at radius 1 is 1.43 bits per heavy atom. The van der Waals surface area contributed by atoms with Crippen LogP contribution in [-0.4, -0.2) is 7.11 Å². The van der Waals surface area contributed by atoms with E-state index in [1.807, 2.05) is 5.38 Å². The van der Waals surface area contributed by atoms with E-state index >= 15 is 0 Å². The lowest BCUT2D eigenvalue weighted by atomic mass is 10.1. The lowest BCUT2D eigenvalue weighted by Gasteiger charge is -2.05. The molecule has 0 N–H and O–H groups in total. The minimum Gasteiger partial charge on any atom is -0.495 e. The van der Waals surface area contributed by atoms with Crippen LogP contribution in [0.25, 0.3) is 10.1 Å². The maximum absolute atomic E-state index is 5.86. The number of hydrogen-bond donors (Lipinski definition) is 0. The first kappa shape index (κ1) is 9.81. The molecule has 0 amide bonds. The molecule has 2 aromatic rings. The highest BCUT2D eigenvalue weighted by Gasteiger charge is 2.09. The maximum Gasteiger partial charge on any atom is 0.137 e. The number of aryl methyl sites for hydroxylation is 1. The van der Waals surface area contributed by atoms with E-state index in [4.69, 9.17) is 16.3 Å². The number of ether oxygens (including phenoxy) is 1. The number of fused-ring (bicyclic) bond motifs is 1. The molecule has 0 bridgehead atoms. The first-order valence-electron chi connectivity index (χ1n) is 4.37. The largest absolute Gasteiger partial charge is 0.495 e. The molecule has 0 saturated carbocycles. The summed E-state index contributed by atoms with van der Waals surface area (Å²) >= 11 is 7.56. The molecule has 2 rings (SSSR count). The number of halogens is 1. The molecule has 0 unspecified atom stereocenters. The van der Waals surface area contributed by atoms with Crippen molar-refractivity contribution < 1.29 is 4.74 Å². The normalized spacial score (nSPS) is 10.8. The van der Waals surface area contributed by atoms with Crippen LogP contribution in [-0.2, 0) is 5.88 Å². The Balaban J connectivity index is 2.77. The van der Waals surface area contributed by atoms with Crippen LogP contribution in [0.2, 0.25) is 0 Å². The summed E-state index contributed by atoms with van der Waals surface area (Å²) in [5.74, 6) is 1.51. The first-order valence-corrected chi connectivity index (χ1v) is 5.79. The van der Waals surface area contributed by atoms with Gasteiger partial charge in [-0.2, -0.15) is 0 Å². The predicted molar refractivity (Wildman–Crippen MR) is 62.7 cm³/mol.